The van der Waals surface area contributed by atoms with Gasteiger partial charge in [0.05, 0.1) is 17.2 Å². The molecule has 1 amide bonds. The number of nitrogens with zero attached hydrogens (tertiary/aromatic N) is 1. The Hall–Kier alpha value is -1.83. The number of carbonyl (C=O) groups is 1. The molecule has 0 aliphatic rings. The van der Waals surface area contributed by atoms with Crippen molar-refractivity contribution < 1.29 is 23.1 Å². The number of amides is 1. The SMILES string of the molecule is CC(O)C(C)(C)Nc1nc(C(F)(F)F)ccc1C(N)=O. The highest BCUT2D eigenvalue weighted by Gasteiger charge is 2.34. The van der Waals surface area contributed by atoms with Crippen LogP contribution in [0.15, 0.2) is 12.1 Å². The third-order valence-corrected chi connectivity index (χ3v) is 2.94. The van der Waals surface area contributed by atoms with Crippen molar-refractivity contribution in [3.8, 4) is 0 Å². The number of rotatable bonds is 4. The van der Waals surface area contributed by atoms with Crippen LogP contribution in [-0.2, 0) is 6.18 Å². The summed E-state index contributed by atoms with van der Waals surface area (Å²) in [6.07, 6.45) is -5.53. The van der Waals surface area contributed by atoms with E-state index in [2.05, 4.69) is 10.3 Å². The molecule has 4 N–H and O–H groups in total. The Balaban J connectivity index is 3.30. The van der Waals surface area contributed by atoms with Gasteiger partial charge in [-0.2, -0.15) is 13.2 Å². The number of alkyl halides is 3. The predicted molar refractivity (Wildman–Crippen MR) is 67.1 cm³/mol. The maximum Gasteiger partial charge on any atom is 0.433 e. The summed E-state index contributed by atoms with van der Waals surface area (Å²) in [6.45, 7) is 4.58. The Labute approximate surface area is 114 Å². The molecule has 0 fully saturated rings. The van der Waals surface area contributed by atoms with Crippen molar-refractivity contribution in [1.29, 1.82) is 0 Å². The lowest BCUT2D eigenvalue weighted by Gasteiger charge is -2.30. The lowest BCUT2D eigenvalue weighted by atomic mass is 9.98. The van der Waals surface area contributed by atoms with E-state index in [9.17, 15) is 23.1 Å². The minimum Gasteiger partial charge on any atom is -0.391 e. The number of anilines is 1. The molecular weight excluding hydrogens is 275 g/mol. The molecule has 0 bridgehead atoms. The van der Waals surface area contributed by atoms with Gasteiger partial charge in [-0.05, 0) is 32.9 Å². The van der Waals surface area contributed by atoms with Gasteiger partial charge in [-0.15, -0.1) is 0 Å². The highest BCUT2D eigenvalue weighted by molar-refractivity contribution is 5.97. The summed E-state index contributed by atoms with van der Waals surface area (Å²) >= 11 is 0. The van der Waals surface area contributed by atoms with Gasteiger partial charge >= 0.3 is 6.18 Å². The molecule has 0 aliphatic heterocycles. The summed E-state index contributed by atoms with van der Waals surface area (Å²) in [5.74, 6) is -1.21. The van der Waals surface area contributed by atoms with E-state index in [0.29, 0.717) is 6.07 Å². The zero-order chi connectivity index (χ0) is 15.7. The van der Waals surface area contributed by atoms with Crippen molar-refractivity contribution in [3.63, 3.8) is 0 Å². The van der Waals surface area contributed by atoms with Gasteiger partial charge in [-0.25, -0.2) is 4.98 Å². The second-order valence-corrected chi connectivity index (χ2v) is 4.98. The molecule has 5 nitrogen and oxygen atoms in total. The molecule has 1 rings (SSSR count). The lowest BCUT2D eigenvalue weighted by molar-refractivity contribution is -0.141. The van der Waals surface area contributed by atoms with E-state index in [1.165, 1.54) is 6.92 Å². The standard InChI is InChI=1S/C12H16F3N3O2/c1-6(19)11(2,3)18-10-7(9(16)20)4-5-8(17-10)12(13,14)15/h4-6,19H,1-3H3,(H2,16,20)(H,17,18). The van der Waals surface area contributed by atoms with Gasteiger partial charge in [0.15, 0.2) is 0 Å². The van der Waals surface area contributed by atoms with Gasteiger partial charge in [0.25, 0.3) is 5.91 Å². The van der Waals surface area contributed by atoms with Gasteiger partial charge < -0.3 is 16.2 Å². The van der Waals surface area contributed by atoms with Gasteiger partial charge in [0.2, 0.25) is 0 Å². The van der Waals surface area contributed by atoms with Crippen LogP contribution in [0.25, 0.3) is 0 Å². The third-order valence-electron chi connectivity index (χ3n) is 2.94. The Morgan fingerprint density at radius 2 is 1.95 bits per heavy atom. The fraction of sp³-hybridized carbons (Fsp3) is 0.500. The monoisotopic (exact) mass is 291 g/mol. The van der Waals surface area contributed by atoms with Crippen molar-refractivity contribution >= 4 is 11.7 Å². The number of nitrogens with one attached hydrogen (secondary N) is 1. The van der Waals surface area contributed by atoms with Crippen LogP contribution in [-0.4, -0.2) is 27.6 Å². The van der Waals surface area contributed by atoms with Gasteiger partial charge in [0.1, 0.15) is 11.5 Å². The van der Waals surface area contributed by atoms with E-state index >= 15 is 0 Å². The number of aliphatic hydroxyl groups excluding tert-OH is 1. The first kappa shape index (κ1) is 16.2. The second kappa shape index (κ2) is 5.28. The number of halogens is 3. The molecule has 0 aromatic carbocycles. The minimum absolute atomic E-state index is 0.174. The summed E-state index contributed by atoms with van der Waals surface area (Å²) in [5, 5.41) is 12.2. The topological polar surface area (TPSA) is 88.2 Å². The Morgan fingerprint density at radius 1 is 1.40 bits per heavy atom. The molecule has 0 spiro atoms. The van der Waals surface area contributed by atoms with Crippen molar-refractivity contribution in [2.75, 3.05) is 5.32 Å². The van der Waals surface area contributed by atoms with Crippen molar-refractivity contribution in [3.05, 3.63) is 23.4 Å². The van der Waals surface area contributed by atoms with Crippen LogP contribution in [0, 0.1) is 0 Å². The Morgan fingerprint density at radius 3 is 2.35 bits per heavy atom. The van der Waals surface area contributed by atoms with E-state index in [4.69, 9.17) is 5.73 Å². The molecule has 20 heavy (non-hydrogen) atoms. The minimum atomic E-state index is -4.64. The van der Waals surface area contributed by atoms with Crippen molar-refractivity contribution in [2.45, 2.75) is 38.6 Å². The normalized spacial score (nSPS) is 13.9. The average Bonchev–Trinajstić information content (AvgIpc) is 2.26. The van der Waals surface area contributed by atoms with E-state index in [-0.39, 0.29) is 11.4 Å². The molecule has 112 valence electrons. The predicted octanol–water partition coefficient (Wildman–Crippen LogP) is 1.77. The van der Waals surface area contributed by atoms with Gasteiger partial charge in [-0.3, -0.25) is 4.79 Å². The lowest BCUT2D eigenvalue weighted by Crippen LogP contribution is -2.42. The molecule has 0 saturated heterocycles. The number of primary amides is 1. The second-order valence-electron chi connectivity index (χ2n) is 4.98. The summed E-state index contributed by atoms with van der Waals surface area (Å²) in [4.78, 5) is 14.6. The fourth-order valence-corrected chi connectivity index (χ4v) is 1.32. The maximum atomic E-state index is 12.6. The van der Waals surface area contributed by atoms with E-state index in [1.54, 1.807) is 13.8 Å². The third kappa shape index (κ3) is 3.60. The molecule has 1 heterocycles. The molecule has 1 aromatic heterocycles. The summed E-state index contributed by atoms with van der Waals surface area (Å²) < 4.78 is 37.9. The Bertz CT molecular complexity index is 513. The number of hydrogen-bond acceptors (Lipinski definition) is 4. The van der Waals surface area contributed by atoms with Crippen LogP contribution in [0.5, 0.6) is 0 Å². The summed E-state index contributed by atoms with van der Waals surface area (Å²) in [6, 6.07) is 1.64. The molecule has 1 aromatic rings. The molecule has 1 unspecified atom stereocenters. The zero-order valence-electron chi connectivity index (χ0n) is 11.2. The first-order valence-electron chi connectivity index (χ1n) is 5.79. The number of hydrogen-bond donors (Lipinski definition) is 3. The van der Waals surface area contributed by atoms with Crippen LogP contribution < -0.4 is 11.1 Å². The zero-order valence-corrected chi connectivity index (χ0v) is 11.2. The first-order chi connectivity index (χ1) is 8.95. The van der Waals surface area contributed by atoms with E-state index in [0.717, 1.165) is 6.07 Å². The highest BCUT2D eigenvalue weighted by atomic mass is 19.4. The quantitative estimate of drug-likeness (QED) is 0.789. The largest absolute Gasteiger partial charge is 0.433 e. The van der Waals surface area contributed by atoms with Crippen LogP contribution in [0.1, 0.15) is 36.8 Å². The summed E-state index contributed by atoms with van der Waals surface area (Å²) in [5.41, 5.74) is 2.80. The fourth-order valence-electron chi connectivity index (χ4n) is 1.32. The number of carbonyl (C=O) groups excluding carboxylic acids is 1. The molecule has 0 aliphatic carbocycles. The number of nitrogens with two attached hydrogens (primary N) is 1. The molecule has 0 saturated carbocycles. The van der Waals surface area contributed by atoms with Gasteiger partial charge in [-0.1, -0.05) is 0 Å². The van der Waals surface area contributed by atoms with Crippen LogP contribution in [0.2, 0.25) is 0 Å². The van der Waals surface area contributed by atoms with Crippen molar-refractivity contribution in [2.24, 2.45) is 5.73 Å². The van der Waals surface area contributed by atoms with Gasteiger partial charge in [0, 0.05) is 0 Å². The number of aromatic nitrogens is 1. The average molecular weight is 291 g/mol. The number of aliphatic hydroxyl groups is 1. The Kier molecular flexibility index (Phi) is 4.28. The first-order valence-corrected chi connectivity index (χ1v) is 5.79. The van der Waals surface area contributed by atoms with E-state index < -0.39 is 29.4 Å². The summed E-state index contributed by atoms with van der Waals surface area (Å²) in [7, 11) is 0. The molecule has 8 heteroatoms. The molecule has 0 radical (unpaired) electrons. The van der Waals surface area contributed by atoms with Crippen molar-refractivity contribution in [1.82, 2.24) is 4.98 Å². The molecular formula is C12H16F3N3O2. The smallest absolute Gasteiger partial charge is 0.391 e. The highest BCUT2D eigenvalue weighted by Crippen LogP contribution is 2.30. The number of pyridine rings is 1. The van der Waals surface area contributed by atoms with Crippen LogP contribution >= 0.6 is 0 Å². The maximum absolute atomic E-state index is 12.6. The van der Waals surface area contributed by atoms with E-state index in [1.807, 2.05) is 0 Å². The van der Waals surface area contributed by atoms with Crippen LogP contribution in [0.4, 0.5) is 19.0 Å². The molecule has 1 atom stereocenters. The van der Waals surface area contributed by atoms with Crippen LogP contribution in [0.3, 0.4) is 0 Å².